The van der Waals surface area contributed by atoms with Crippen LogP contribution in [0, 0.1) is 11.6 Å². The van der Waals surface area contributed by atoms with Gasteiger partial charge in [-0.2, -0.15) is 4.98 Å². The van der Waals surface area contributed by atoms with Gasteiger partial charge in [0.2, 0.25) is 5.95 Å². The molecule has 4 N–H and O–H groups in total. The first-order chi connectivity index (χ1) is 15.6. The number of rotatable bonds is 7. The van der Waals surface area contributed by atoms with E-state index in [9.17, 15) is 13.6 Å². The fourth-order valence-corrected chi connectivity index (χ4v) is 4.14. The maximum Gasteiger partial charge on any atom is 0.426 e. The van der Waals surface area contributed by atoms with Crippen molar-refractivity contribution in [1.29, 1.82) is 0 Å². The monoisotopic (exact) mass is 481 g/mol. The van der Waals surface area contributed by atoms with Crippen LogP contribution in [-0.4, -0.2) is 65.0 Å². The normalized spacial score (nSPS) is 14.8. The van der Waals surface area contributed by atoms with Crippen LogP contribution in [-0.2, 0) is 4.74 Å². The van der Waals surface area contributed by atoms with Crippen LogP contribution >= 0.6 is 11.8 Å². The molecule has 0 bridgehead atoms. The molecule has 0 saturated carbocycles. The average molecular weight is 482 g/mol. The molecule has 9 nitrogen and oxygen atoms in total. The van der Waals surface area contributed by atoms with E-state index in [0.29, 0.717) is 29.6 Å². The summed E-state index contributed by atoms with van der Waals surface area (Å²) in [5, 5.41) is 0.669. The van der Waals surface area contributed by atoms with Gasteiger partial charge in [-0.25, -0.2) is 24.0 Å². The number of hydrogen-bond donors (Lipinski definition) is 3. The minimum atomic E-state index is -0.631. The second kappa shape index (κ2) is 10.8. The summed E-state index contributed by atoms with van der Waals surface area (Å²) >= 11 is 1.52. The summed E-state index contributed by atoms with van der Waals surface area (Å²) in [6, 6.07) is 5.37. The topological polar surface area (TPSA) is 109 Å². The van der Waals surface area contributed by atoms with Crippen molar-refractivity contribution in [3.8, 4) is 0 Å². The largest absolute Gasteiger partial charge is 0.443 e. The number of nitrogens with zero attached hydrogens (tertiary/aromatic N) is 4. The minimum absolute atomic E-state index is 0.0865. The molecule has 2 aromatic rings. The maximum atomic E-state index is 14.0. The highest BCUT2D eigenvalue weighted by Gasteiger charge is 2.20. The number of ether oxygens (including phenoxy) is 1. The van der Waals surface area contributed by atoms with E-state index in [1.165, 1.54) is 23.9 Å². The molecule has 1 aromatic carbocycles. The van der Waals surface area contributed by atoms with Crippen LogP contribution in [0.4, 0.5) is 31.0 Å². The highest BCUT2D eigenvalue weighted by Crippen LogP contribution is 2.23. The van der Waals surface area contributed by atoms with Crippen LogP contribution in [0.2, 0.25) is 0 Å². The third kappa shape index (κ3) is 7.90. The van der Waals surface area contributed by atoms with Crippen LogP contribution in [0.25, 0.3) is 0 Å². The fourth-order valence-electron chi connectivity index (χ4n) is 3.23. The van der Waals surface area contributed by atoms with Crippen molar-refractivity contribution in [3.63, 3.8) is 0 Å². The SMILES string of the molecule is CC(C)(C)OC(=O)NNc1cc(SCCN2CCN(c3ccc(F)cc3F)CC2)nc(N)n1. The number of nitrogens with one attached hydrogen (secondary N) is 2. The van der Waals surface area contributed by atoms with Crippen LogP contribution in [0.1, 0.15) is 20.8 Å². The summed E-state index contributed by atoms with van der Waals surface area (Å²) < 4.78 is 32.3. The lowest BCUT2D eigenvalue weighted by molar-refractivity contribution is 0.0541. The van der Waals surface area contributed by atoms with Crippen LogP contribution in [0.15, 0.2) is 29.3 Å². The van der Waals surface area contributed by atoms with Gasteiger partial charge in [-0.1, -0.05) is 0 Å². The van der Waals surface area contributed by atoms with Crippen molar-refractivity contribution in [2.75, 3.05) is 54.5 Å². The standard InChI is InChI=1S/C21H29F2N7O2S/c1-21(2,3)32-20(31)28-27-17-13-18(26-19(24)25-17)33-11-10-29-6-8-30(9-7-29)16-5-4-14(22)12-15(16)23/h4-5,12-13H,6-11H2,1-3H3,(H,28,31)(H3,24,25,26,27). The third-order valence-electron chi connectivity index (χ3n) is 4.69. The Morgan fingerprint density at radius 2 is 1.91 bits per heavy atom. The molecule has 1 amide bonds. The highest BCUT2D eigenvalue weighted by atomic mass is 32.2. The highest BCUT2D eigenvalue weighted by molar-refractivity contribution is 7.99. The molecule has 1 saturated heterocycles. The van der Waals surface area contributed by atoms with E-state index in [0.717, 1.165) is 31.5 Å². The summed E-state index contributed by atoms with van der Waals surface area (Å²) in [7, 11) is 0. The molecule has 0 unspecified atom stereocenters. The first kappa shape index (κ1) is 24.8. The lowest BCUT2D eigenvalue weighted by Crippen LogP contribution is -2.47. The number of thioether (sulfide) groups is 1. The fraction of sp³-hybridized carbons (Fsp3) is 0.476. The number of amides is 1. The second-order valence-corrected chi connectivity index (χ2v) is 9.59. The first-order valence-electron chi connectivity index (χ1n) is 10.5. The zero-order valence-electron chi connectivity index (χ0n) is 18.9. The first-order valence-corrected chi connectivity index (χ1v) is 11.5. The number of piperazine rings is 1. The molecular formula is C21H29F2N7O2S. The Morgan fingerprint density at radius 3 is 2.58 bits per heavy atom. The Kier molecular flexibility index (Phi) is 8.14. The Labute approximate surface area is 196 Å². The Bertz CT molecular complexity index is 966. The van der Waals surface area contributed by atoms with Crippen molar-refractivity contribution in [1.82, 2.24) is 20.3 Å². The van der Waals surface area contributed by atoms with Crippen LogP contribution in [0.3, 0.4) is 0 Å². The van der Waals surface area contributed by atoms with Gasteiger partial charge in [-0.15, -0.1) is 11.8 Å². The van der Waals surface area contributed by atoms with Gasteiger partial charge in [-0.3, -0.25) is 10.3 Å². The number of hydrazine groups is 1. The van der Waals surface area contributed by atoms with Crippen molar-refractivity contribution in [3.05, 3.63) is 35.9 Å². The molecule has 1 aromatic heterocycles. The van der Waals surface area contributed by atoms with Crippen molar-refractivity contribution >= 4 is 35.3 Å². The van der Waals surface area contributed by atoms with E-state index in [1.54, 1.807) is 26.8 Å². The van der Waals surface area contributed by atoms with Crippen molar-refractivity contribution < 1.29 is 18.3 Å². The van der Waals surface area contributed by atoms with Crippen LogP contribution in [0.5, 0.6) is 0 Å². The third-order valence-corrected chi connectivity index (χ3v) is 5.58. The van der Waals surface area contributed by atoms with E-state index in [2.05, 4.69) is 25.7 Å². The number of hydrogen-bond acceptors (Lipinski definition) is 9. The smallest absolute Gasteiger partial charge is 0.426 e. The average Bonchev–Trinajstić information content (AvgIpc) is 2.71. The molecule has 0 aliphatic carbocycles. The van der Waals surface area contributed by atoms with E-state index < -0.39 is 23.3 Å². The zero-order chi connectivity index (χ0) is 24.0. The Hall–Kier alpha value is -2.86. The van der Waals surface area contributed by atoms with E-state index >= 15 is 0 Å². The molecule has 0 atom stereocenters. The summed E-state index contributed by atoms with van der Waals surface area (Å²) in [4.78, 5) is 24.3. The van der Waals surface area contributed by atoms with Gasteiger partial charge in [-0.05, 0) is 32.9 Å². The second-order valence-electron chi connectivity index (χ2n) is 8.47. The number of nitrogen functional groups attached to an aromatic ring is 1. The Morgan fingerprint density at radius 1 is 1.18 bits per heavy atom. The van der Waals surface area contributed by atoms with Gasteiger partial charge in [0.25, 0.3) is 0 Å². The van der Waals surface area contributed by atoms with Crippen molar-refractivity contribution in [2.24, 2.45) is 0 Å². The number of carbonyl (C=O) groups is 1. The van der Waals surface area contributed by atoms with E-state index in [4.69, 9.17) is 10.5 Å². The molecule has 1 fully saturated rings. The van der Waals surface area contributed by atoms with Gasteiger partial charge in [0.1, 0.15) is 22.3 Å². The lowest BCUT2D eigenvalue weighted by atomic mass is 10.2. The number of anilines is 3. The van der Waals surface area contributed by atoms with Gasteiger partial charge in [0, 0.05) is 50.6 Å². The number of carbonyl (C=O) groups excluding carboxylic acids is 1. The molecule has 12 heteroatoms. The molecular weight excluding hydrogens is 452 g/mol. The molecule has 0 spiro atoms. The molecule has 1 aliphatic rings. The minimum Gasteiger partial charge on any atom is -0.443 e. The lowest BCUT2D eigenvalue weighted by Gasteiger charge is -2.36. The van der Waals surface area contributed by atoms with E-state index in [1.807, 2.05) is 4.90 Å². The summed E-state index contributed by atoms with van der Waals surface area (Å²) in [6.07, 6.45) is -0.631. The molecule has 1 aliphatic heterocycles. The maximum absolute atomic E-state index is 14.0. The van der Waals surface area contributed by atoms with Crippen LogP contribution < -0.4 is 21.5 Å². The quantitative estimate of drug-likeness (QED) is 0.312. The molecule has 33 heavy (non-hydrogen) atoms. The number of halogens is 2. The molecule has 180 valence electrons. The van der Waals surface area contributed by atoms with E-state index in [-0.39, 0.29) is 5.95 Å². The molecule has 0 radical (unpaired) electrons. The summed E-state index contributed by atoms with van der Waals surface area (Å²) in [6.45, 7) is 9.00. The van der Waals surface area contributed by atoms with Gasteiger partial charge in [0.05, 0.1) is 5.69 Å². The molecule has 2 heterocycles. The summed E-state index contributed by atoms with van der Waals surface area (Å²) in [5.41, 5.74) is 10.7. The van der Waals surface area contributed by atoms with Gasteiger partial charge < -0.3 is 15.4 Å². The van der Waals surface area contributed by atoms with Gasteiger partial charge >= 0.3 is 6.09 Å². The van der Waals surface area contributed by atoms with Gasteiger partial charge in [0.15, 0.2) is 5.82 Å². The zero-order valence-corrected chi connectivity index (χ0v) is 19.7. The number of benzene rings is 1. The predicted octanol–water partition coefficient (Wildman–Crippen LogP) is 3.10. The predicted molar refractivity (Wildman–Crippen MR) is 125 cm³/mol. The number of nitrogens with two attached hydrogens (primary N) is 1. The molecule has 3 rings (SSSR count). The summed E-state index contributed by atoms with van der Waals surface area (Å²) in [5.74, 6) is 0.0942. The Balaban J connectivity index is 1.44. The van der Waals surface area contributed by atoms with Crippen molar-refractivity contribution in [2.45, 2.75) is 31.4 Å². The number of aromatic nitrogens is 2.